The third-order valence-electron chi connectivity index (χ3n) is 3.34. The Bertz CT molecular complexity index is 673. The van der Waals surface area contributed by atoms with E-state index in [0.29, 0.717) is 22.1 Å². The summed E-state index contributed by atoms with van der Waals surface area (Å²) in [4.78, 5) is 12.3. The predicted molar refractivity (Wildman–Crippen MR) is 86.9 cm³/mol. The van der Waals surface area contributed by atoms with Gasteiger partial charge in [0.05, 0.1) is 20.3 Å². The monoisotopic (exact) mass is 319 g/mol. The van der Waals surface area contributed by atoms with Gasteiger partial charge in [0.25, 0.3) is 5.91 Å². The second kappa shape index (κ2) is 7.18. The van der Waals surface area contributed by atoms with E-state index in [2.05, 4.69) is 5.32 Å². The summed E-state index contributed by atoms with van der Waals surface area (Å²) in [5, 5.41) is 3.58. The number of hydrogen-bond acceptors (Lipinski definition) is 3. The van der Waals surface area contributed by atoms with Crippen molar-refractivity contribution in [3.05, 3.63) is 58.6 Å². The van der Waals surface area contributed by atoms with Crippen LogP contribution in [-0.4, -0.2) is 20.1 Å². The molecule has 0 aromatic heterocycles. The Kier molecular flexibility index (Phi) is 5.28. The standard InChI is InChI=1S/C17H18ClNO3/c1-11(12-5-4-6-14(18)9-12)19-17(20)13-7-8-15(21-2)16(10-13)22-3/h4-11H,1-3H3,(H,19,20)/t11-/m1/s1. The average Bonchev–Trinajstić information content (AvgIpc) is 2.54. The number of amides is 1. The molecule has 0 saturated heterocycles. The molecule has 116 valence electrons. The Morgan fingerprint density at radius 2 is 1.82 bits per heavy atom. The number of benzene rings is 2. The van der Waals surface area contributed by atoms with Crippen LogP contribution in [0.3, 0.4) is 0 Å². The molecular formula is C17H18ClNO3. The van der Waals surface area contributed by atoms with Crippen molar-refractivity contribution < 1.29 is 14.3 Å². The Labute approximate surface area is 135 Å². The Morgan fingerprint density at radius 3 is 2.45 bits per heavy atom. The van der Waals surface area contributed by atoms with Crippen LogP contribution in [0.15, 0.2) is 42.5 Å². The van der Waals surface area contributed by atoms with Crippen LogP contribution in [0.2, 0.25) is 5.02 Å². The van der Waals surface area contributed by atoms with Gasteiger partial charge in [-0.05, 0) is 42.8 Å². The lowest BCUT2D eigenvalue weighted by Gasteiger charge is -2.15. The SMILES string of the molecule is COc1ccc(C(=O)N[C@H](C)c2cccc(Cl)c2)cc1OC. The third kappa shape index (κ3) is 3.71. The molecule has 0 fully saturated rings. The van der Waals surface area contributed by atoms with Gasteiger partial charge in [0.1, 0.15) is 0 Å². The average molecular weight is 320 g/mol. The van der Waals surface area contributed by atoms with E-state index >= 15 is 0 Å². The number of ether oxygens (including phenoxy) is 2. The lowest BCUT2D eigenvalue weighted by Crippen LogP contribution is -2.26. The van der Waals surface area contributed by atoms with E-state index in [4.69, 9.17) is 21.1 Å². The summed E-state index contributed by atoms with van der Waals surface area (Å²) >= 11 is 5.97. The lowest BCUT2D eigenvalue weighted by molar-refractivity contribution is 0.0939. The molecule has 1 atom stereocenters. The fourth-order valence-corrected chi connectivity index (χ4v) is 2.32. The summed E-state index contributed by atoms with van der Waals surface area (Å²) in [5.74, 6) is 0.918. The quantitative estimate of drug-likeness (QED) is 0.910. The first-order chi connectivity index (χ1) is 10.5. The third-order valence-corrected chi connectivity index (χ3v) is 3.58. The van der Waals surface area contributed by atoms with Crippen molar-refractivity contribution in [3.63, 3.8) is 0 Å². The van der Waals surface area contributed by atoms with Crippen LogP contribution < -0.4 is 14.8 Å². The Balaban J connectivity index is 2.15. The van der Waals surface area contributed by atoms with E-state index in [9.17, 15) is 4.79 Å². The van der Waals surface area contributed by atoms with Crippen LogP contribution in [0, 0.1) is 0 Å². The van der Waals surface area contributed by atoms with Crippen LogP contribution >= 0.6 is 11.6 Å². The highest BCUT2D eigenvalue weighted by atomic mass is 35.5. The normalized spacial score (nSPS) is 11.6. The largest absolute Gasteiger partial charge is 0.493 e. The van der Waals surface area contributed by atoms with E-state index in [0.717, 1.165) is 5.56 Å². The molecule has 0 heterocycles. The zero-order valence-corrected chi connectivity index (χ0v) is 13.5. The first-order valence-electron chi connectivity index (χ1n) is 6.83. The first-order valence-corrected chi connectivity index (χ1v) is 7.21. The molecule has 0 spiro atoms. The van der Waals surface area contributed by atoms with E-state index in [1.165, 1.54) is 7.11 Å². The van der Waals surface area contributed by atoms with Gasteiger partial charge in [0.2, 0.25) is 0 Å². The maximum atomic E-state index is 12.3. The van der Waals surface area contributed by atoms with Gasteiger partial charge in [0.15, 0.2) is 11.5 Å². The summed E-state index contributed by atoms with van der Waals surface area (Å²) in [7, 11) is 3.09. The fourth-order valence-electron chi connectivity index (χ4n) is 2.12. The summed E-state index contributed by atoms with van der Waals surface area (Å²) in [5.41, 5.74) is 1.45. The van der Waals surface area contributed by atoms with Gasteiger partial charge in [-0.25, -0.2) is 0 Å². The molecule has 2 aromatic carbocycles. The van der Waals surface area contributed by atoms with Crippen molar-refractivity contribution >= 4 is 17.5 Å². The summed E-state index contributed by atoms with van der Waals surface area (Å²) in [6, 6.07) is 12.3. The smallest absolute Gasteiger partial charge is 0.251 e. The second-order valence-corrected chi connectivity index (χ2v) is 5.26. The Hall–Kier alpha value is -2.20. The van der Waals surface area contributed by atoms with Crippen LogP contribution in [0.5, 0.6) is 11.5 Å². The van der Waals surface area contributed by atoms with Gasteiger partial charge in [0, 0.05) is 10.6 Å². The molecule has 1 N–H and O–H groups in total. The maximum absolute atomic E-state index is 12.3. The van der Waals surface area contributed by atoms with Crippen molar-refractivity contribution in [2.75, 3.05) is 14.2 Å². The second-order valence-electron chi connectivity index (χ2n) is 4.82. The molecule has 22 heavy (non-hydrogen) atoms. The van der Waals surface area contributed by atoms with Crippen molar-refractivity contribution in [1.82, 2.24) is 5.32 Å². The lowest BCUT2D eigenvalue weighted by atomic mass is 10.1. The van der Waals surface area contributed by atoms with E-state index < -0.39 is 0 Å². The van der Waals surface area contributed by atoms with Crippen molar-refractivity contribution in [2.45, 2.75) is 13.0 Å². The van der Waals surface area contributed by atoms with Crippen LogP contribution in [-0.2, 0) is 0 Å². The van der Waals surface area contributed by atoms with E-state index in [1.807, 2.05) is 25.1 Å². The molecule has 0 unspecified atom stereocenters. The molecule has 0 aliphatic heterocycles. The molecule has 1 amide bonds. The van der Waals surface area contributed by atoms with Gasteiger partial charge >= 0.3 is 0 Å². The molecule has 0 aliphatic rings. The highest BCUT2D eigenvalue weighted by Gasteiger charge is 2.14. The number of hydrogen-bond donors (Lipinski definition) is 1. The van der Waals surface area contributed by atoms with Crippen LogP contribution in [0.4, 0.5) is 0 Å². The summed E-state index contributed by atoms with van der Waals surface area (Å²) in [6.45, 7) is 1.91. The van der Waals surface area contributed by atoms with Crippen molar-refractivity contribution in [2.24, 2.45) is 0 Å². The number of carbonyl (C=O) groups is 1. The number of methoxy groups -OCH3 is 2. The topological polar surface area (TPSA) is 47.6 Å². The zero-order valence-electron chi connectivity index (χ0n) is 12.7. The molecule has 0 bridgehead atoms. The van der Waals surface area contributed by atoms with Gasteiger partial charge in [-0.2, -0.15) is 0 Å². The minimum absolute atomic E-state index is 0.153. The number of rotatable bonds is 5. The molecule has 0 radical (unpaired) electrons. The Morgan fingerprint density at radius 1 is 1.09 bits per heavy atom. The molecule has 4 nitrogen and oxygen atoms in total. The summed E-state index contributed by atoms with van der Waals surface area (Å²) in [6.07, 6.45) is 0. The van der Waals surface area contributed by atoms with Crippen molar-refractivity contribution in [1.29, 1.82) is 0 Å². The van der Waals surface area contributed by atoms with Gasteiger partial charge in [-0.1, -0.05) is 23.7 Å². The van der Waals surface area contributed by atoms with Gasteiger partial charge in [-0.15, -0.1) is 0 Å². The first kappa shape index (κ1) is 16.2. The molecule has 0 aliphatic carbocycles. The zero-order chi connectivity index (χ0) is 16.1. The number of halogens is 1. The minimum atomic E-state index is -0.187. The highest BCUT2D eigenvalue weighted by Crippen LogP contribution is 2.27. The predicted octanol–water partition coefficient (Wildman–Crippen LogP) is 3.85. The van der Waals surface area contributed by atoms with Crippen molar-refractivity contribution in [3.8, 4) is 11.5 Å². The molecule has 5 heteroatoms. The summed E-state index contributed by atoms with van der Waals surface area (Å²) < 4.78 is 10.4. The minimum Gasteiger partial charge on any atom is -0.493 e. The highest BCUT2D eigenvalue weighted by molar-refractivity contribution is 6.30. The van der Waals surface area contributed by atoms with E-state index in [1.54, 1.807) is 31.4 Å². The fraction of sp³-hybridized carbons (Fsp3) is 0.235. The van der Waals surface area contributed by atoms with Gasteiger partial charge in [-0.3, -0.25) is 4.79 Å². The van der Waals surface area contributed by atoms with Crippen LogP contribution in [0.1, 0.15) is 28.9 Å². The van der Waals surface area contributed by atoms with Crippen LogP contribution in [0.25, 0.3) is 0 Å². The molecule has 2 aromatic rings. The number of carbonyl (C=O) groups excluding carboxylic acids is 1. The molecular weight excluding hydrogens is 302 g/mol. The maximum Gasteiger partial charge on any atom is 0.251 e. The number of nitrogens with one attached hydrogen (secondary N) is 1. The van der Waals surface area contributed by atoms with E-state index in [-0.39, 0.29) is 11.9 Å². The van der Waals surface area contributed by atoms with Gasteiger partial charge < -0.3 is 14.8 Å². The molecule has 0 saturated carbocycles. The molecule has 2 rings (SSSR count).